The number of likely N-dealkylation sites (tertiary alicyclic amines) is 1. The van der Waals surface area contributed by atoms with Gasteiger partial charge in [-0.15, -0.1) is 0 Å². The van der Waals surface area contributed by atoms with E-state index in [2.05, 4.69) is 30.2 Å². The summed E-state index contributed by atoms with van der Waals surface area (Å²) in [6, 6.07) is 17.2. The minimum Gasteiger partial charge on any atom is -0.370 e. The van der Waals surface area contributed by atoms with Gasteiger partial charge in [-0.1, -0.05) is 30.7 Å². The quantitative estimate of drug-likeness (QED) is 0.383. The number of benzene rings is 2. The van der Waals surface area contributed by atoms with E-state index in [1.807, 2.05) is 12.1 Å². The van der Waals surface area contributed by atoms with E-state index >= 15 is 0 Å². The highest BCUT2D eigenvalue weighted by Gasteiger charge is 2.15. The smallest absolute Gasteiger partial charge is 0.261 e. The summed E-state index contributed by atoms with van der Waals surface area (Å²) in [6.45, 7) is 4.35. The Kier molecular flexibility index (Phi) is 7.74. The summed E-state index contributed by atoms with van der Waals surface area (Å²) < 4.78 is 28.1. The lowest BCUT2D eigenvalue weighted by Gasteiger charge is -2.26. The zero-order chi connectivity index (χ0) is 22.9. The van der Waals surface area contributed by atoms with Gasteiger partial charge >= 0.3 is 0 Å². The maximum Gasteiger partial charge on any atom is 0.261 e. The predicted octanol–water partition coefficient (Wildman–Crippen LogP) is 4.31. The Morgan fingerprint density at radius 2 is 1.70 bits per heavy atom. The lowest BCUT2D eigenvalue weighted by Crippen LogP contribution is -2.31. The number of piperidine rings is 1. The van der Waals surface area contributed by atoms with Gasteiger partial charge in [-0.3, -0.25) is 4.72 Å². The van der Waals surface area contributed by atoms with Crippen LogP contribution in [0.1, 0.15) is 25.7 Å². The number of aromatic nitrogens is 2. The second-order valence-electron chi connectivity index (χ2n) is 8.07. The summed E-state index contributed by atoms with van der Waals surface area (Å²) in [5.74, 6) is 1.14. The summed E-state index contributed by atoms with van der Waals surface area (Å²) in [4.78, 5) is 11.4. The minimum absolute atomic E-state index is 0.156. The number of rotatable bonds is 10. The van der Waals surface area contributed by atoms with Crippen LogP contribution in [0.2, 0.25) is 0 Å². The van der Waals surface area contributed by atoms with Crippen LogP contribution in [0.3, 0.4) is 0 Å². The molecule has 0 spiro atoms. The van der Waals surface area contributed by atoms with Crippen molar-refractivity contribution in [3.63, 3.8) is 0 Å². The SMILES string of the molecule is O=S(=O)(Nc1ccccc1)c1cccc(Nc2nccc(NCCCN3CCCCC3)n2)c1. The molecule has 0 amide bonds. The van der Waals surface area contributed by atoms with E-state index in [1.54, 1.807) is 54.7 Å². The Morgan fingerprint density at radius 1 is 0.909 bits per heavy atom. The first-order chi connectivity index (χ1) is 16.1. The van der Waals surface area contributed by atoms with Gasteiger partial charge in [0.25, 0.3) is 10.0 Å². The molecule has 3 aromatic rings. The fraction of sp³-hybridized carbons (Fsp3) is 0.333. The third kappa shape index (κ3) is 6.90. The summed E-state index contributed by atoms with van der Waals surface area (Å²) in [5, 5.41) is 6.45. The molecule has 9 heteroatoms. The van der Waals surface area contributed by atoms with Crippen LogP contribution in [0, 0.1) is 0 Å². The molecule has 0 unspecified atom stereocenters. The molecule has 0 bridgehead atoms. The van der Waals surface area contributed by atoms with Crippen molar-refractivity contribution in [1.29, 1.82) is 0 Å². The van der Waals surface area contributed by atoms with E-state index in [0.717, 1.165) is 25.3 Å². The molecule has 3 N–H and O–H groups in total. The number of nitrogens with one attached hydrogen (secondary N) is 3. The average Bonchev–Trinajstić information content (AvgIpc) is 2.83. The first-order valence-corrected chi connectivity index (χ1v) is 12.8. The van der Waals surface area contributed by atoms with Gasteiger partial charge in [-0.25, -0.2) is 13.4 Å². The van der Waals surface area contributed by atoms with Gasteiger partial charge in [0.15, 0.2) is 0 Å². The highest BCUT2D eigenvalue weighted by atomic mass is 32.2. The van der Waals surface area contributed by atoms with E-state index in [1.165, 1.54) is 32.4 Å². The normalized spacial score (nSPS) is 14.5. The van der Waals surface area contributed by atoms with E-state index in [4.69, 9.17) is 0 Å². The monoisotopic (exact) mass is 466 g/mol. The largest absolute Gasteiger partial charge is 0.370 e. The molecular weight excluding hydrogens is 436 g/mol. The van der Waals surface area contributed by atoms with Crippen LogP contribution in [0.4, 0.5) is 23.1 Å². The molecule has 0 radical (unpaired) electrons. The molecule has 8 nitrogen and oxygen atoms in total. The molecule has 1 aliphatic heterocycles. The molecule has 2 aromatic carbocycles. The van der Waals surface area contributed by atoms with Gasteiger partial charge in [0.05, 0.1) is 4.90 Å². The van der Waals surface area contributed by atoms with Crippen molar-refractivity contribution in [2.75, 3.05) is 41.5 Å². The Balaban J connectivity index is 1.34. The molecule has 0 atom stereocenters. The minimum atomic E-state index is -3.71. The topological polar surface area (TPSA) is 99.2 Å². The molecule has 0 saturated carbocycles. The highest BCUT2D eigenvalue weighted by molar-refractivity contribution is 7.92. The van der Waals surface area contributed by atoms with Crippen LogP contribution >= 0.6 is 0 Å². The van der Waals surface area contributed by atoms with Crippen molar-refractivity contribution in [1.82, 2.24) is 14.9 Å². The van der Waals surface area contributed by atoms with E-state index in [9.17, 15) is 8.42 Å². The lowest BCUT2D eigenvalue weighted by atomic mass is 10.1. The number of nitrogens with zero attached hydrogens (tertiary/aromatic N) is 3. The van der Waals surface area contributed by atoms with Crippen LogP contribution in [0.15, 0.2) is 71.8 Å². The maximum absolute atomic E-state index is 12.7. The Hall–Kier alpha value is -3.17. The fourth-order valence-electron chi connectivity index (χ4n) is 3.81. The van der Waals surface area contributed by atoms with Crippen LogP contribution in [-0.4, -0.2) is 49.5 Å². The summed E-state index contributed by atoms with van der Waals surface area (Å²) >= 11 is 0. The molecule has 1 aromatic heterocycles. The molecule has 0 aliphatic carbocycles. The van der Waals surface area contributed by atoms with Crippen LogP contribution in [-0.2, 0) is 10.0 Å². The van der Waals surface area contributed by atoms with Gasteiger partial charge in [0, 0.05) is 24.1 Å². The molecule has 1 aliphatic rings. The van der Waals surface area contributed by atoms with E-state index in [-0.39, 0.29) is 4.90 Å². The van der Waals surface area contributed by atoms with Crippen LogP contribution in [0.25, 0.3) is 0 Å². The maximum atomic E-state index is 12.7. The fourth-order valence-corrected chi connectivity index (χ4v) is 4.91. The van der Waals surface area contributed by atoms with Crippen molar-refractivity contribution in [3.8, 4) is 0 Å². The summed E-state index contributed by atoms with van der Waals surface area (Å²) in [6.07, 6.45) is 6.70. The Morgan fingerprint density at radius 3 is 2.52 bits per heavy atom. The first kappa shape index (κ1) is 23.0. The lowest BCUT2D eigenvalue weighted by molar-refractivity contribution is 0.228. The number of anilines is 4. The van der Waals surface area contributed by atoms with Gasteiger partial charge in [0.1, 0.15) is 5.82 Å². The molecule has 4 rings (SSSR count). The summed E-state index contributed by atoms with van der Waals surface area (Å²) in [5.41, 5.74) is 1.10. The van der Waals surface area contributed by atoms with Crippen LogP contribution in [0.5, 0.6) is 0 Å². The Bertz CT molecular complexity index is 1130. The molecule has 1 saturated heterocycles. The van der Waals surface area contributed by atoms with Crippen molar-refractivity contribution in [2.24, 2.45) is 0 Å². The van der Waals surface area contributed by atoms with Crippen molar-refractivity contribution in [3.05, 3.63) is 66.9 Å². The van der Waals surface area contributed by atoms with Crippen molar-refractivity contribution < 1.29 is 8.42 Å². The third-order valence-electron chi connectivity index (χ3n) is 5.49. The van der Waals surface area contributed by atoms with Crippen LogP contribution < -0.4 is 15.4 Å². The predicted molar refractivity (Wildman–Crippen MR) is 132 cm³/mol. The molecule has 33 heavy (non-hydrogen) atoms. The van der Waals surface area contributed by atoms with Crippen molar-refractivity contribution in [2.45, 2.75) is 30.6 Å². The zero-order valence-corrected chi connectivity index (χ0v) is 19.4. The summed E-state index contributed by atoms with van der Waals surface area (Å²) in [7, 11) is -3.71. The van der Waals surface area contributed by atoms with Crippen molar-refractivity contribution >= 4 is 33.2 Å². The van der Waals surface area contributed by atoms with E-state index in [0.29, 0.717) is 17.3 Å². The second-order valence-corrected chi connectivity index (χ2v) is 9.75. The Labute approximate surface area is 195 Å². The number of hydrogen-bond acceptors (Lipinski definition) is 7. The van der Waals surface area contributed by atoms with Gasteiger partial charge < -0.3 is 15.5 Å². The van der Waals surface area contributed by atoms with Gasteiger partial charge in [-0.05, 0) is 75.3 Å². The number of sulfonamides is 1. The van der Waals surface area contributed by atoms with E-state index < -0.39 is 10.0 Å². The highest BCUT2D eigenvalue weighted by Crippen LogP contribution is 2.21. The average molecular weight is 467 g/mol. The molecule has 174 valence electrons. The number of para-hydroxylation sites is 1. The zero-order valence-electron chi connectivity index (χ0n) is 18.6. The molecule has 2 heterocycles. The van der Waals surface area contributed by atoms with Gasteiger partial charge in [-0.2, -0.15) is 4.98 Å². The number of hydrogen-bond donors (Lipinski definition) is 3. The molecule has 1 fully saturated rings. The second kappa shape index (κ2) is 11.1. The standard InChI is InChI=1S/C24H30N6O2S/c31-33(32,29-20-9-3-1-4-10-20)22-12-7-11-21(19-22)27-24-26-15-13-23(28-24)25-14-8-18-30-16-5-2-6-17-30/h1,3-4,7,9-13,15,19,29H,2,5-6,8,14,16-18H2,(H2,25,26,27,28). The van der Waals surface area contributed by atoms with Gasteiger partial charge in [0.2, 0.25) is 5.95 Å². The first-order valence-electron chi connectivity index (χ1n) is 11.3. The molecular formula is C24H30N6O2S. The third-order valence-corrected chi connectivity index (χ3v) is 6.87.